The van der Waals surface area contributed by atoms with Gasteiger partial charge in [0.2, 0.25) is 6.10 Å². The van der Waals surface area contributed by atoms with Crippen LogP contribution < -0.4 is 0 Å². The molecule has 1 aliphatic heterocycles. The first-order chi connectivity index (χ1) is 9.60. The Balaban J connectivity index is 2.35. The molecule has 1 aliphatic rings. The largest absolute Gasteiger partial charge is 0.457 e. The second-order valence-corrected chi connectivity index (χ2v) is 5.57. The maximum atomic E-state index is 11.7. The van der Waals surface area contributed by atoms with Gasteiger partial charge in [-0.05, 0) is 20.8 Å². The summed E-state index contributed by atoms with van der Waals surface area (Å²) in [5.74, 6) is -1.55. The van der Waals surface area contributed by atoms with E-state index in [0.29, 0.717) is 6.42 Å². The third-order valence-electron chi connectivity index (χ3n) is 2.78. The third-order valence-corrected chi connectivity index (χ3v) is 2.78. The van der Waals surface area contributed by atoms with Gasteiger partial charge in [0.1, 0.15) is 11.4 Å². The number of carbonyl (C=O) groups excluding carboxylic acids is 3. The molecule has 0 aromatic heterocycles. The van der Waals surface area contributed by atoms with Gasteiger partial charge in [-0.2, -0.15) is 0 Å². The van der Waals surface area contributed by atoms with Crippen LogP contribution in [0, 0.1) is 0 Å². The summed E-state index contributed by atoms with van der Waals surface area (Å²) in [5, 5.41) is 0. The molecule has 1 atom stereocenters. The summed E-state index contributed by atoms with van der Waals surface area (Å²) in [6.45, 7) is 12.0. The van der Waals surface area contributed by atoms with E-state index in [2.05, 4.69) is 13.2 Å². The Hall–Kier alpha value is -2.11. The molecule has 1 heterocycles. The summed E-state index contributed by atoms with van der Waals surface area (Å²) in [6.07, 6.45) is -0.461. The van der Waals surface area contributed by atoms with E-state index in [1.807, 2.05) is 0 Å². The van der Waals surface area contributed by atoms with Crippen molar-refractivity contribution in [2.75, 3.05) is 0 Å². The Morgan fingerprint density at radius 1 is 1.33 bits per heavy atom. The number of hydrogen-bond donors (Lipinski definition) is 0. The molecule has 116 valence electrons. The van der Waals surface area contributed by atoms with Crippen molar-refractivity contribution in [2.24, 2.45) is 0 Å². The number of allylic oxidation sites excluding steroid dienone is 1. The lowest BCUT2D eigenvalue weighted by molar-refractivity contribution is -0.162. The fraction of sp³-hybridized carbons (Fsp3) is 0.533. The van der Waals surface area contributed by atoms with E-state index in [1.165, 1.54) is 6.92 Å². The van der Waals surface area contributed by atoms with Gasteiger partial charge in [-0.25, -0.2) is 9.59 Å². The molecule has 0 amide bonds. The number of esters is 3. The topological polar surface area (TPSA) is 78.9 Å². The lowest BCUT2D eigenvalue weighted by Gasteiger charge is -2.14. The van der Waals surface area contributed by atoms with Crippen LogP contribution in [0.3, 0.4) is 0 Å². The Kier molecular flexibility index (Phi) is 5.29. The van der Waals surface area contributed by atoms with Gasteiger partial charge in [-0.15, -0.1) is 0 Å². The Morgan fingerprint density at radius 2 is 1.95 bits per heavy atom. The number of cyclic esters (lactones) is 1. The van der Waals surface area contributed by atoms with Crippen LogP contribution in [-0.4, -0.2) is 29.6 Å². The van der Waals surface area contributed by atoms with E-state index in [-0.39, 0.29) is 24.2 Å². The van der Waals surface area contributed by atoms with Crippen molar-refractivity contribution in [3.8, 4) is 0 Å². The number of carbonyl (C=O) groups is 3. The summed E-state index contributed by atoms with van der Waals surface area (Å²) < 4.78 is 15.0. The van der Waals surface area contributed by atoms with Crippen LogP contribution in [0.5, 0.6) is 0 Å². The number of hydrogen-bond acceptors (Lipinski definition) is 6. The van der Waals surface area contributed by atoms with Crippen molar-refractivity contribution in [2.45, 2.75) is 51.7 Å². The highest BCUT2D eigenvalue weighted by atomic mass is 16.6. The van der Waals surface area contributed by atoms with E-state index < -0.39 is 29.6 Å². The highest BCUT2D eigenvalue weighted by Crippen LogP contribution is 2.28. The molecule has 0 aliphatic carbocycles. The van der Waals surface area contributed by atoms with Crippen molar-refractivity contribution in [1.29, 1.82) is 0 Å². The SMILES string of the molecule is C=C(CCC(=O)OC1CC(C)(C)OC1=O)OC(=O)C(=C)C. The second kappa shape index (κ2) is 6.56. The van der Waals surface area contributed by atoms with Gasteiger partial charge >= 0.3 is 17.9 Å². The first kappa shape index (κ1) is 16.9. The molecule has 0 N–H and O–H groups in total. The summed E-state index contributed by atoms with van der Waals surface area (Å²) in [5.41, 5.74) is -0.377. The maximum Gasteiger partial charge on any atom is 0.348 e. The van der Waals surface area contributed by atoms with Crippen molar-refractivity contribution in [1.82, 2.24) is 0 Å². The number of rotatable bonds is 6. The van der Waals surface area contributed by atoms with Crippen LogP contribution in [-0.2, 0) is 28.6 Å². The molecule has 0 saturated carbocycles. The minimum Gasteiger partial charge on any atom is -0.457 e. The van der Waals surface area contributed by atoms with Gasteiger partial charge in [-0.3, -0.25) is 4.79 Å². The molecule has 0 radical (unpaired) electrons. The van der Waals surface area contributed by atoms with E-state index in [1.54, 1.807) is 13.8 Å². The molecule has 1 rings (SSSR count). The van der Waals surface area contributed by atoms with E-state index in [0.717, 1.165) is 0 Å². The summed E-state index contributed by atoms with van der Waals surface area (Å²) in [7, 11) is 0. The Bertz CT molecular complexity index is 488. The average molecular weight is 296 g/mol. The normalized spacial score (nSPS) is 19.6. The molecule has 1 saturated heterocycles. The van der Waals surface area contributed by atoms with Crippen LogP contribution in [0.4, 0.5) is 0 Å². The highest BCUT2D eigenvalue weighted by Gasteiger charge is 2.42. The smallest absolute Gasteiger partial charge is 0.348 e. The van der Waals surface area contributed by atoms with Crippen LogP contribution in [0.1, 0.15) is 40.0 Å². The fourth-order valence-electron chi connectivity index (χ4n) is 1.73. The number of ether oxygens (including phenoxy) is 3. The molecular formula is C15H20O6. The Morgan fingerprint density at radius 3 is 2.43 bits per heavy atom. The first-order valence-corrected chi connectivity index (χ1v) is 6.58. The quantitative estimate of drug-likeness (QED) is 0.323. The molecule has 0 aromatic carbocycles. The van der Waals surface area contributed by atoms with Gasteiger partial charge < -0.3 is 14.2 Å². The molecule has 1 unspecified atom stereocenters. The summed E-state index contributed by atoms with van der Waals surface area (Å²) in [6, 6.07) is 0. The molecule has 0 aromatic rings. The van der Waals surface area contributed by atoms with E-state index in [9.17, 15) is 14.4 Å². The average Bonchev–Trinajstić information content (AvgIpc) is 2.59. The van der Waals surface area contributed by atoms with Crippen LogP contribution in [0.25, 0.3) is 0 Å². The minimum atomic E-state index is -0.876. The standard InChI is InChI=1S/C15H20O6/c1-9(2)13(17)19-10(3)6-7-12(16)20-11-8-15(4,5)21-14(11)18/h11H,1,3,6-8H2,2,4-5H3. The molecule has 0 spiro atoms. The van der Waals surface area contributed by atoms with Gasteiger partial charge in [0.25, 0.3) is 0 Å². The van der Waals surface area contributed by atoms with Crippen molar-refractivity contribution < 1.29 is 28.6 Å². The highest BCUT2D eigenvalue weighted by molar-refractivity contribution is 5.87. The zero-order valence-corrected chi connectivity index (χ0v) is 12.6. The van der Waals surface area contributed by atoms with Gasteiger partial charge in [0, 0.05) is 18.4 Å². The van der Waals surface area contributed by atoms with Crippen LogP contribution >= 0.6 is 0 Å². The predicted molar refractivity (Wildman–Crippen MR) is 73.9 cm³/mol. The fourth-order valence-corrected chi connectivity index (χ4v) is 1.73. The van der Waals surface area contributed by atoms with Crippen LogP contribution in [0.15, 0.2) is 24.5 Å². The van der Waals surface area contributed by atoms with Gasteiger partial charge in [0.15, 0.2) is 0 Å². The van der Waals surface area contributed by atoms with E-state index >= 15 is 0 Å². The molecule has 6 nitrogen and oxygen atoms in total. The van der Waals surface area contributed by atoms with E-state index in [4.69, 9.17) is 14.2 Å². The predicted octanol–water partition coefficient (Wildman–Crippen LogP) is 2.04. The zero-order chi connectivity index (χ0) is 16.2. The van der Waals surface area contributed by atoms with Crippen molar-refractivity contribution in [3.05, 3.63) is 24.5 Å². The monoisotopic (exact) mass is 296 g/mol. The molecule has 21 heavy (non-hydrogen) atoms. The Labute approximate surface area is 123 Å². The summed E-state index contributed by atoms with van der Waals surface area (Å²) in [4.78, 5) is 34.4. The molecule has 6 heteroatoms. The maximum absolute atomic E-state index is 11.7. The van der Waals surface area contributed by atoms with Crippen molar-refractivity contribution in [3.63, 3.8) is 0 Å². The van der Waals surface area contributed by atoms with Crippen LogP contribution in [0.2, 0.25) is 0 Å². The van der Waals surface area contributed by atoms with Gasteiger partial charge in [0.05, 0.1) is 6.42 Å². The minimum absolute atomic E-state index is 0.0352. The lowest BCUT2D eigenvalue weighted by Crippen LogP contribution is -2.23. The molecular weight excluding hydrogens is 276 g/mol. The second-order valence-electron chi connectivity index (χ2n) is 5.57. The first-order valence-electron chi connectivity index (χ1n) is 6.58. The molecule has 1 fully saturated rings. The zero-order valence-electron chi connectivity index (χ0n) is 12.6. The third kappa shape index (κ3) is 5.41. The summed E-state index contributed by atoms with van der Waals surface area (Å²) >= 11 is 0. The molecule has 0 bridgehead atoms. The van der Waals surface area contributed by atoms with Gasteiger partial charge in [-0.1, -0.05) is 13.2 Å². The van der Waals surface area contributed by atoms with Crippen molar-refractivity contribution >= 4 is 17.9 Å². The lowest BCUT2D eigenvalue weighted by atomic mass is 10.0.